The quantitative estimate of drug-likeness (QED) is 0.167. The van der Waals surface area contributed by atoms with Gasteiger partial charge in [-0.25, -0.2) is 29.5 Å². The van der Waals surface area contributed by atoms with E-state index < -0.39 is 0 Å². The second-order valence-electron chi connectivity index (χ2n) is 27.1. The predicted octanol–water partition coefficient (Wildman–Crippen LogP) is 14.1. The van der Waals surface area contributed by atoms with Gasteiger partial charge in [-0.05, 0) is 156 Å². The van der Waals surface area contributed by atoms with E-state index in [4.69, 9.17) is 19.4 Å². The molecule has 6 aliphatic rings. The maximum atomic E-state index is 13.1. The minimum Gasteiger partial charge on any atom is -0.448 e. The van der Waals surface area contributed by atoms with Crippen molar-refractivity contribution >= 4 is 120 Å². The fourth-order valence-electron chi connectivity index (χ4n) is 15.3. The zero-order valence-electron chi connectivity index (χ0n) is 58.1. The van der Waals surface area contributed by atoms with Gasteiger partial charge in [0.1, 0.15) is 36.5 Å². The summed E-state index contributed by atoms with van der Waals surface area (Å²) in [4.78, 5) is 99.4. The van der Waals surface area contributed by atoms with Gasteiger partial charge in [-0.15, -0.1) is 0 Å². The summed E-state index contributed by atoms with van der Waals surface area (Å²) in [6, 6.07) is 55.6. The number of amides is 2. The lowest BCUT2D eigenvalue weighted by atomic mass is 9.98. The summed E-state index contributed by atoms with van der Waals surface area (Å²) >= 11 is 13.8. The van der Waals surface area contributed by atoms with Crippen molar-refractivity contribution in [2.24, 2.45) is 0 Å². The highest BCUT2D eigenvalue weighted by Gasteiger charge is 2.33. The van der Waals surface area contributed by atoms with E-state index in [1.807, 2.05) is 124 Å². The number of hydrogen-bond acceptors (Lipinski definition) is 14. The molecule has 12 aromatic rings. The van der Waals surface area contributed by atoms with Gasteiger partial charge in [-0.1, -0.05) is 161 Å². The fraction of sp³-hybridized carbons (Fsp3) is 0.293. The number of nitrogens with one attached hydrogen (secondary N) is 2. The molecule has 0 spiro atoms. The SMILES string of the molecule is O=C(OCC1c2ccccc2-c2ccccc21)N1CCCc2nc3cc(Br)ccc3c(=O)n2CC1.O=C(OCC1c2ccccc2-c2ccccc21)N1CCCn2c(nc3cc(Br)ccc3c2=O)CC1.O=c1c2ccc(Br)cc2nc2n1CCCNCC2.O=c1c2ccc(Br)cc2nc2n1CCNCCC2. The minimum absolute atomic E-state index is 0.0212. The summed E-state index contributed by atoms with van der Waals surface area (Å²) < 4.78 is 22.5. The number of benzene rings is 8. The Hall–Kier alpha value is -9.30. The first kappa shape index (κ1) is 72.3. The number of ether oxygens (including phenoxy) is 2. The van der Waals surface area contributed by atoms with Gasteiger partial charge in [0.2, 0.25) is 0 Å². The van der Waals surface area contributed by atoms with Crippen molar-refractivity contribution in [2.75, 3.05) is 65.6 Å². The van der Waals surface area contributed by atoms with Crippen LogP contribution in [0.4, 0.5) is 9.59 Å². The number of carbonyl (C=O) groups is 2. The van der Waals surface area contributed by atoms with Crippen molar-refractivity contribution < 1.29 is 19.1 Å². The molecule has 24 heteroatoms. The average Bonchev–Trinajstić information content (AvgIpc) is 1.55. The summed E-state index contributed by atoms with van der Waals surface area (Å²) in [6.45, 7) is 8.63. The molecular formula is C82H76Br4N12O8. The van der Waals surface area contributed by atoms with Crippen LogP contribution in [0.15, 0.2) is 207 Å². The maximum absolute atomic E-state index is 13.1. The molecule has 0 atom stereocenters. The van der Waals surface area contributed by atoms with E-state index in [0.29, 0.717) is 117 Å². The molecule has 0 unspecified atom stereocenters. The summed E-state index contributed by atoms with van der Waals surface area (Å²) in [5, 5.41) is 9.27. The third-order valence-electron chi connectivity index (χ3n) is 20.5. The summed E-state index contributed by atoms with van der Waals surface area (Å²) in [5.41, 5.74) is 12.6. The Morgan fingerprint density at radius 2 is 0.698 bits per heavy atom. The number of halogens is 4. The normalized spacial score (nSPS) is 15.5. The van der Waals surface area contributed by atoms with Gasteiger partial charge >= 0.3 is 12.2 Å². The number of hydrogen-bond donors (Lipinski definition) is 2. The lowest BCUT2D eigenvalue weighted by molar-refractivity contribution is 0.0960. The molecule has 540 valence electrons. The Balaban J connectivity index is 0.000000119. The van der Waals surface area contributed by atoms with Gasteiger partial charge in [-0.3, -0.25) is 37.4 Å². The van der Waals surface area contributed by atoms with E-state index in [9.17, 15) is 28.8 Å². The predicted molar refractivity (Wildman–Crippen MR) is 427 cm³/mol. The molecule has 0 fully saturated rings. The Morgan fingerprint density at radius 1 is 0.349 bits per heavy atom. The molecule has 8 heterocycles. The van der Waals surface area contributed by atoms with Crippen LogP contribution in [0.2, 0.25) is 0 Å². The van der Waals surface area contributed by atoms with Crippen LogP contribution in [0, 0.1) is 0 Å². The first-order valence-electron chi connectivity index (χ1n) is 36.1. The van der Waals surface area contributed by atoms with Gasteiger partial charge in [0.05, 0.1) is 43.6 Å². The molecule has 18 rings (SSSR count). The van der Waals surface area contributed by atoms with Gasteiger partial charge in [0.25, 0.3) is 22.2 Å². The first-order valence-corrected chi connectivity index (χ1v) is 39.3. The molecule has 0 bridgehead atoms. The lowest BCUT2D eigenvalue weighted by Gasteiger charge is -2.26. The highest BCUT2D eigenvalue weighted by atomic mass is 79.9. The number of carbonyl (C=O) groups excluding carboxylic acids is 2. The number of aromatic nitrogens is 8. The Labute approximate surface area is 644 Å². The molecule has 2 aliphatic carbocycles. The Kier molecular flexibility index (Phi) is 22.1. The Morgan fingerprint density at radius 3 is 1.15 bits per heavy atom. The number of rotatable bonds is 4. The molecule has 8 aromatic carbocycles. The van der Waals surface area contributed by atoms with Crippen LogP contribution < -0.4 is 32.9 Å². The van der Waals surface area contributed by atoms with Gasteiger partial charge in [0.15, 0.2) is 0 Å². The lowest BCUT2D eigenvalue weighted by Crippen LogP contribution is -2.40. The molecular weight excluding hydrogens is 1600 g/mol. The topological polar surface area (TPSA) is 223 Å². The Bertz CT molecular complexity index is 5440. The van der Waals surface area contributed by atoms with Crippen molar-refractivity contribution in [1.82, 2.24) is 58.6 Å². The largest absolute Gasteiger partial charge is 0.448 e. The van der Waals surface area contributed by atoms with Crippen LogP contribution in [0.1, 0.15) is 83.1 Å². The molecule has 20 nitrogen and oxygen atoms in total. The van der Waals surface area contributed by atoms with Crippen LogP contribution >= 0.6 is 63.7 Å². The van der Waals surface area contributed by atoms with Crippen LogP contribution in [-0.4, -0.2) is 126 Å². The molecule has 4 aromatic heterocycles. The second-order valence-corrected chi connectivity index (χ2v) is 30.7. The third kappa shape index (κ3) is 15.4. The van der Waals surface area contributed by atoms with E-state index in [-0.39, 0.29) is 46.3 Å². The summed E-state index contributed by atoms with van der Waals surface area (Å²) in [6.07, 6.45) is 5.52. The van der Waals surface area contributed by atoms with E-state index in [1.165, 1.54) is 44.5 Å². The maximum Gasteiger partial charge on any atom is 0.409 e. The van der Waals surface area contributed by atoms with E-state index in [1.54, 1.807) is 25.0 Å². The van der Waals surface area contributed by atoms with E-state index >= 15 is 0 Å². The van der Waals surface area contributed by atoms with E-state index in [2.05, 4.69) is 133 Å². The molecule has 106 heavy (non-hydrogen) atoms. The van der Waals surface area contributed by atoms with Crippen LogP contribution in [0.3, 0.4) is 0 Å². The standard InChI is InChI=1S/2C28H24BrN3O3.2C13H14BrN3O/c29-18-10-11-23-25(16-18)30-26-12-15-31(13-5-14-32(26)27(23)33)28(34)35-17-24-21-8-3-1-6-19(21)20-7-2-4-9-22(20)24;29-18-11-12-23-25(16-18)30-26-10-5-13-31(14-15-32(26)27(23)33)28(34)35-17-24-21-8-3-1-6-19(21)20-7-2-4-9-22(20)24;14-9-2-3-10-11(8-9)16-12-4-6-15-5-1-7-17(12)13(10)18;14-9-3-4-10-11(8-9)16-12-2-1-5-15-6-7-17(12)13(10)18/h1-4,6-11,16,24H,5,12-15,17H2;1-4,6-9,11-12,16,24H,5,10,13-15,17H2;2-3,8,15H,1,4-7H2;3-4,8,15H,1-2,5-7H2. The number of aryl methyl sites for hydroxylation is 2. The molecule has 2 amide bonds. The zero-order chi connectivity index (χ0) is 73.0. The summed E-state index contributed by atoms with van der Waals surface area (Å²) in [7, 11) is 0. The zero-order valence-corrected chi connectivity index (χ0v) is 64.5. The summed E-state index contributed by atoms with van der Waals surface area (Å²) in [5.74, 6) is 3.33. The molecule has 0 radical (unpaired) electrons. The van der Waals surface area contributed by atoms with Gasteiger partial charge in [0, 0.05) is 121 Å². The van der Waals surface area contributed by atoms with Crippen molar-refractivity contribution in [2.45, 2.75) is 89.4 Å². The fourth-order valence-corrected chi connectivity index (χ4v) is 16.7. The minimum atomic E-state index is -0.332. The first-order chi connectivity index (χ1) is 51.7. The van der Waals surface area contributed by atoms with Crippen molar-refractivity contribution in [3.05, 3.63) is 275 Å². The smallest absolute Gasteiger partial charge is 0.409 e. The monoisotopic (exact) mass is 1670 g/mol. The number of nitrogens with zero attached hydrogens (tertiary/aromatic N) is 10. The molecule has 0 saturated heterocycles. The van der Waals surface area contributed by atoms with E-state index in [0.717, 1.165) is 111 Å². The van der Waals surface area contributed by atoms with Crippen molar-refractivity contribution in [1.29, 1.82) is 0 Å². The molecule has 4 aliphatic heterocycles. The van der Waals surface area contributed by atoms with Gasteiger partial charge in [-0.2, -0.15) is 0 Å². The average molecular weight is 1680 g/mol. The van der Waals surface area contributed by atoms with Crippen molar-refractivity contribution in [3.63, 3.8) is 0 Å². The molecule has 0 saturated carbocycles. The highest BCUT2D eigenvalue weighted by Crippen LogP contribution is 2.46. The third-order valence-corrected chi connectivity index (χ3v) is 22.5. The second kappa shape index (κ2) is 32.4. The van der Waals surface area contributed by atoms with Crippen LogP contribution in [-0.2, 0) is 61.3 Å². The van der Waals surface area contributed by atoms with Crippen molar-refractivity contribution in [3.8, 4) is 22.3 Å². The number of fused-ring (bicyclic) bond motifs is 14. The molecule has 2 N–H and O–H groups in total. The highest BCUT2D eigenvalue weighted by molar-refractivity contribution is 9.11. The van der Waals surface area contributed by atoms with Gasteiger partial charge < -0.3 is 29.9 Å². The van der Waals surface area contributed by atoms with Crippen LogP contribution in [0.5, 0.6) is 0 Å². The van der Waals surface area contributed by atoms with Crippen LogP contribution in [0.25, 0.3) is 65.9 Å².